The molecule has 0 saturated carbocycles. The topological polar surface area (TPSA) is 13.6 Å². The van der Waals surface area contributed by atoms with Crippen molar-refractivity contribution in [3.05, 3.63) is 77.7 Å². The lowest BCUT2D eigenvalue weighted by Crippen LogP contribution is -1.94. The highest BCUT2D eigenvalue weighted by Gasteiger charge is 1.96. The Labute approximate surface area is 107 Å². The molecule has 2 heteroatoms. The summed E-state index contributed by atoms with van der Waals surface area (Å²) in [6, 6.07) is 15.2. The van der Waals surface area contributed by atoms with E-state index in [1.807, 2.05) is 42.5 Å². The van der Waals surface area contributed by atoms with Gasteiger partial charge in [-0.25, -0.2) is 4.85 Å². The van der Waals surface area contributed by atoms with Crippen LogP contribution in [0, 0.1) is 6.57 Å². The van der Waals surface area contributed by atoms with Gasteiger partial charge in [0.2, 0.25) is 0 Å². The van der Waals surface area contributed by atoms with E-state index in [9.17, 15) is 0 Å². The van der Waals surface area contributed by atoms with Crippen LogP contribution in [-0.2, 0) is 6.61 Å². The van der Waals surface area contributed by atoms with Gasteiger partial charge in [-0.1, -0.05) is 49.1 Å². The first-order chi connectivity index (χ1) is 8.81. The molecule has 0 aliphatic heterocycles. The molecule has 0 unspecified atom stereocenters. The Morgan fingerprint density at radius 2 is 1.72 bits per heavy atom. The first-order valence-corrected chi connectivity index (χ1v) is 5.63. The van der Waals surface area contributed by atoms with Crippen molar-refractivity contribution in [2.24, 2.45) is 0 Å². The van der Waals surface area contributed by atoms with E-state index < -0.39 is 0 Å². The molecule has 2 rings (SSSR count). The maximum absolute atomic E-state index is 6.87. The summed E-state index contributed by atoms with van der Waals surface area (Å²) < 4.78 is 5.64. The van der Waals surface area contributed by atoms with Crippen molar-refractivity contribution in [1.29, 1.82) is 0 Å². The third-order valence-electron chi connectivity index (χ3n) is 2.59. The summed E-state index contributed by atoms with van der Waals surface area (Å²) in [6.45, 7) is 11.1. The van der Waals surface area contributed by atoms with Crippen LogP contribution in [-0.4, -0.2) is 0 Å². The van der Waals surface area contributed by atoms with E-state index >= 15 is 0 Å². The number of rotatable bonds is 4. The van der Waals surface area contributed by atoms with Crippen LogP contribution in [0.3, 0.4) is 0 Å². The molecule has 0 radical (unpaired) electrons. The average molecular weight is 235 g/mol. The van der Waals surface area contributed by atoms with Gasteiger partial charge in [0.25, 0.3) is 0 Å². The Kier molecular flexibility index (Phi) is 3.78. The van der Waals surface area contributed by atoms with Crippen molar-refractivity contribution < 1.29 is 4.74 Å². The minimum atomic E-state index is 0.523. The summed E-state index contributed by atoms with van der Waals surface area (Å²) in [6.07, 6.45) is 1.81. The zero-order valence-corrected chi connectivity index (χ0v) is 9.97. The molecular weight excluding hydrogens is 222 g/mol. The van der Waals surface area contributed by atoms with E-state index in [1.165, 1.54) is 0 Å². The van der Waals surface area contributed by atoms with Crippen LogP contribution in [0.2, 0.25) is 0 Å². The number of benzene rings is 2. The van der Waals surface area contributed by atoms with E-state index in [1.54, 1.807) is 12.1 Å². The largest absolute Gasteiger partial charge is 0.489 e. The summed E-state index contributed by atoms with van der Waals surface area (Å²) in [7, 11) is 0. The van der Waals surface area contributed by atoms with Crippen molar-refractivity contribution in [3.63, 3.8) is 0 Å². The third kappa shape index (κ3) is 2.99. The number of hydrogen-bond acceptors (Lipinski definition) is 1. The Balaban J connectivity index is 1.97. The number of ether oxygens (including phenoxy) is 1. The fraction of sp³-hybridized carbons (Fsp3) is 0.0625. The Bertz CT molecular complexity index is 562. The van der Waals surface area contributed by atoms with Gasteiger partial charge in [-0.2, -0.15) is 0 Å². The molecule has 0 atom stereocenters. The Morgan fingerprint density at radius 1 is 1.06 bits per heavy atom. The second-order valence-electron chi connectivity index (χ2n) is 3.84. The molecule has 0 saturated heterocycles. The zero-order chi connectivity index (χ0) is 12.8. The van der Waals surface area contributed by atoms with E-state index in [2.05, 4.69) is 11.4 Å². The molecular formula is C16H13NO. The van der Waals surface area contributed by atoms with Gasteiger partial charge in [-0.15, -0.1) is 0 Å². The fourth-order valence-corrected chi connectivity index (χ4v) is 1.53. The summed E-state index contributed by atoms with van der Waals surface area (Å²) in [5.74, 6) is 0.773. The van der Waals surface area contributed by atoms with E-state index in [4.69, 9.17) is 11.3 Å². The molecule has 0 N–H and O–H groups in total. The zero-order valence-electron chi connectivity index (χ0n) is 9.97. The summed E-state index contributed by atoms with van der Waals surface area (Å²) >= 11 is 0. The number of nitrogens with zero attached hydrogens (tertiary/aromatic N) is 1. The molecule has 0 bridgehead atoms. The fourth-order valence-electron chi connectivity index (χ4n) is 1.53. The highest BCUT2D eigenvalue weighted by atomic mass is 16.5. The van der Waals surface area contributed by atoms with Crippen LogP contribution < -0.4 is 4.74 Å². The second kappa shape index (κ2) is 5.70. The molecule has 0 aromatic heterocycles. The van der Waals surface area contributed by atoms with E-state index in [-0.39, 0.29) is 0 Å². The first kappa shape index (κ1) is 11.9. The van der Waals surface area contributed by atoms with Crippen molar-refractivity contribution in [3.8, 4) is 5.75 Å². The Hall–Kier alpha value is -2.53. The molecule has 0 amide bonds. The molecule has 0 aliphatic carbocycles. The quantitative estimate of drug-likeness (QED) is 0.713. The summed E-state index contributed by atoms with van der Waals surface area (Å²) in [5, 5.41) is 0. The van der Waals surface area contributed by atoms with Crippen molar-refractivity contribution >= 4 is 11.8 Å². The third-order valence-corrected chi connectivity index (χ3v) is 2.59. The van der Waals surface area contributed by atoms with Crippen LogP contribution in [0.15, 0.2) is 55.1 Å². The maximum atomic E-state index is 6.87. The SMILES string of the molecule is [C-]#[N+]c1ccc(OCc2ccc(C=C)cc2)cc1. The first-order valence-electron chi connectivity index (χ1n) is 5.63. The van der Waals surface area contributed by atoms with Crippen LogP contribution in [0.4, 0.5) is 5.69 Å². The highest BCUT2D eigenvalue weighted by Crippen LogP contribution is 2.19. The molecule has 0 aliphatic rings. The summed E-state index contributed by atoms with van der Waals surface area (Å²) in [5.41, 5.74) is 2.83. The van der Waals surface area contributed by atoms with Crippen molar-refractivity contribution in [1.82, 2.24) is 0 Å². The lowest BCUT2D eigenvalue weighted by molar-refractivity contribution is 0.306. The molecule has 2 nitrogen and oxygen atoms in total. The minimum Gasteiger partial charge on any atom is -0.489 e. The van der Waals surface area contributed by atoms with Gasteiger partial charge in [0, 0.05) is 0 Å². The maximum Gasteiger partial charge on any atom is 0.187 e. The van der Waals surface area contributed by atoms with E-state index in [0.29, 0.717) is 12.3 Å². The normalized spacial score (nSPS) is 9.50. The summed E-state index contributed by atoms with van der Waals surface area (Å²) in [4.78, 5) is 3.33. The molecule has 0 heterocycles. The standard InChI is InChI=1S/C16H13NO/c1-3-13-4-6-14(7-5-13)12-18-16-10-8-15(17-2)9-11-16/h3-11H,1,12H2. The van der Waals surface area contributed by atoms with Crippen molar-refractivity contribution in [2.45, 2.75) is 6.61 Å². The predicted octanol–water partition coefficient (Wildman–Crippen LogP) is 4.46. The lowest BCUT2D eigenvalue weighted by Gasteiger charge is -2.06. The molecule has 2 aromatic rings. The van der Waals surface area contributed by atoms with Gasteiger partial charge in [-0.3, -0.25) is 0 Å². The molecule has 0 spiro atoms. The van der Waals surface area contributed by atoms with Crippen LogP contribution in [0.1, 0.15) is 11.1 Å². The average Bonchev–Trinajstić information content (AvgIpc) is 2.46. The predicted molar refractivity (Wildman–Crippen MR) is 73.6 cm³/mol. The van der Waals surface area contributed by atoms with Crippen LogP contribution in [0.5, 0.6) is 5.75 Å². The monoisotopic (exact) mass is 235 g/mol. The van der Waals surface area contributed by atoms with Gasteiger partial charge in [0.05, 0.1) is 6.57 Å². The van der Waals surface area contributed by atoms with Crippen LogP contribution >= 0.6 is 0 Å². The second-order valence-corrected chi connectivity index (χ2v) is 3.84. The Morgan fingerprint density at radius 3 is 2.28 bits per heavy atom. The van der Waals surface area contributed by atoms with Gasteiger partial charge in [0.1, 0.15) is 12.4 Å². The molecule has 88 valence electrons. The van der Waals surface area contributed by atoms with Gasteiger partial charge < -0.3 is 4.74 Å². The molecule has 2 aromatic carbocycles. The minimum absolute atomic E-state index is 0.523. The van der Waals surface area contributed by atoms with Gasteiger partial charge in [0.15, 0.2) is 5.69 Å². The van der Waals surface area contributed by atoms with Crippen LogP contribution in [0.25, 0.3) is 10.9 Å². The van der Waals surface area contributed by atoms with Gasteiger partial charge in [-0.05, 0) is 23.3 Å². The number of hydrogen-bond donors (Lipinski definition) is 0. The smallest absolute Gasteiger partial charge is 0.187 e. The van der Waals surface area contributed by atoms with Crippen molar-refractivity contribution in [2.75, 3.05) is 0 Å². The lowest BCUT2D eigenvalue weighted by atomic mass is 10.1. The highest BCUT2D eigenvalue weighted by molar-refractivity contribution is 5.48. The molecule has 0 fully saturated rings. The van der Waals surface area contributed by atoms with E-state index in [0.717, 1.165) is 16.9 Å². The van der Waals surface area contributed by atoms with Gasteiger partial charge >= 0.3 is 0 Å². The molecule has 18 heavy (non-hydrogen) atoms.